The number of aromatic nitrogens is 3. The van der Waals surface area contributed by atoms with Gasteiger partial charge in [-0.3, -0.25) is 4.79 Å². The zero-order valence-corrected chi connectivity index (χ0v) is 17.1. The van der Waals surface area contributed by atoms with Crippen LogP contribution in [-0.4, -0.2) is 50.9 Å². The lowest BCUT2D eigenvalue weighted by atomic mass is 9.90. The van der Waals surface area contributed by atoms with Crippen molar-refractivity contribution < 1.29 is 14.5 Å². The maximum absolute atomic E-state index is 13.1. The Labute approximate surface area is 170 Å². The second kappa shape index (κ2) is 7.94. The van der Waals surface area contributed by atoms with Gasteiger partial charge in [0, 0.05) is 5.56 Å². The van der Waals surface area contributed by atoms with E-state index in [-0.39, 0.29) is 18.0 Å². The average molecular weight is 398 g/mol. The van der Waals surface area contributed by atoms with E-state index in [1.54, 1.807) is 11.0 Å². The van der Waals surface area contributed by atoms with Gasteiger partial charge in [0.05, 0.1) is 12.7 Å². The van der Waals surface area contributed by atoms with Crippen LogP contribution in [0.4, 0.5) is 4.79 Å². The second-order valence-corrected chi connectivity index (χ2v) is 8.32. The van der Waals surface area contributed by atoms with Gasteiger partial charge in [-0.25, -0.2) is 19.4 Å². The fourth-order valence-electron chi connectivity index (χ4n) is 4.42. The van der Waals surface area contributed by atoms with Crippen LogP contribution >= 0.6 is 0 Å². The molecule has 2 N–H and O–H groups in total. The topological polar surface area (TPSA) is 84.6 Å². The number of urea groups is 1. The minimum Gasteiger partial charge on any atom is -0.323 e. The van der Waals surface area contributed by atoms with Crippen LogP contribution in [0.15, 0.2) is 36.9 Å². The van der Waals surface area contributed by atoms with Crippen molar-refractivity contribution in [3.63, 3.8) is 0 Å². The predicted molar refractivity (Wildman–Crippen MR) is 107 cm³/mol. The number of carbonyl (C=O) groups excluding carboxylic acids is 2. The van der Waals surface area contributed by atoms with Crippen molar-refractivity contribution in [1.29, 1.82) is 0 Å². The second-order valence-electron chi connectivity index (χ2n) is 8.32. The van der Waals surface area contributed by atoms with Gasteiger partial charge in [0.1, 0.15) is 24.2 Å². The first-order valence-corrected chi connectivity index (χ1v) is 10.4. The molecular weight excluding hydrogens is 368 g/mol. The maximum atomic E-state index is 13.1. The zero-order chi connectivity index (χ0) is 20.4. The number of hydrogen-bond acceptors (Lipinski definition) is 4. The third kappa shape index (κ3) is 3.76. The van der Waals surface area contributed by atoms with E-state index in [0.29, 0.717) is 6.67 Å². The van der Waals surface area contributed by atoms with E-state index in [4.69, 9.17) is 0 Å². The lowest BCUT2D eigenvalue weighted by molar-refractivity contribution is -0.917. The first-order chi connectivity index (χ1) is 14.0. The Hall–Kier alpha value is -2.74. The molecule has 4 rings (SSSR count). The number of carbonyl (C=O) groups is 2. The van der Waals surface area contributed by atoms with Crippen molar-refractivity contribution in [2.24, 2.45) is 0 Å². The predicted octanol–water partition coefficient (Wildman–Crippen LogP) is 1.45. The van der Waals surface area contributed by atoms with E-state index in [9.17, 15) is 9.59 Å². The normalized spacial score (nSPS) is 21.1. The SMILES string of the molecule is C[C@@H](c1ccc(-n2cncn2)cc1)[NH+](C)CN1C(=O)NC2(CCCCCC2)C1=O. The molecule has 1 aliphatic carbocycles. The van der Waals surface area contributed by atoms with E-state index < -0.39 is 5.54 Å². The maximum Gasteiger partial charge on any atom is 0.329 e. The Morgan fingerprint density at radius 3 is 2.45 bits per heavy atom. The molecule has 1 saturated heterocycles. The molecule has 1 saturated carbocycles. The Kier molecular flexibility index (Phi) is 5.36. The van der Waals surface area contributed by atoms with Crippen molar-refractivity contribution in [2.75, 3.05) is 13.7 Å². The summed E-state index contributed by atoms with van der Waals surface area (Å²) in [7, 11) is 2.02. The van der Waals surface area contributed by atoms with Crippen LogP contribution in [0.5, 0.6) is 0 Å². The van der Waals surface area contributed by atoms with Crippen LogP contribution in [0.2, 0.25) is 0 Å². The highest BCUT2D eigenvalue weighted by molar-refractivity contribution is 6.06. The fraction of sp³-hybridized carbons (Fsp3) is 0.524. The van der Waals surface area contributed by atoms with E-state index in [1.165, 1.54) is 11.2 Å². The Balaban J connectivity index is 1.43. The van der Waals surface area contributed by atoms with Crippen LogP contribution in [0.3, 0.4) is 0 Å². The number of benzene rings is 1. The quantitative estimate of drug-likeness (QED) is 0.748. The summed E-state index contributed by atoms with van der Waals surface area (Å²) in [5.74, 6) is -0.0440. The summed E-state index contributed by atoms with van der Waals surface area (Å²) in [4.78, 5) is 32.2. The number of nitrogens with one attached hydrogen (secondary N) is 2. The molecule has 3 amide bonds. The molecule has 154 valence electrons. The van der Waals surface area contributed by atoms with Crippen LogP contribution in [-0.2, 0) is 4.79 Å². The van der Waals surface area contributed by atoms with Gasteiger partial charge < -0.3 is 10.2 Å². The van der Waals surface area contributed by atoms with Crippen molar-refractivity contribution >= 4 is 11.9 Å². The Morgan fingerprint density at radius 1 is 1.14 bits per heavy atom. The molecule has 1 aliphatic heterocycles. The van der Waals surface area contributed by atoms with Crippen LogP contribution in [0, 0.1) is 0 Å². The molecule has 1 aromatic heterocycles. The highest BCUT2D eigenvalue weighted by Crippen LogP contribution is 2.32. The summed E-state index contributed by atoms with van der Waals surface area (Å²) in [5.41, 5.74) is 1.42. The molecule has 2 heterocycles. The number of amides is 3. The smallest absolute Gasteiger partial charge is 0.323 e. The van der Waals surface area contributed by atoms with Gasteiger partial charge in [0.25, 0.3) is 5.91 Å². The molecule has 1 aromatic carbocycles. The standard InChI is InChI=1S/C21H28N6O2/c1-16(17-7-9-18(10-8-17)27-14-22-13-23-27)25(2)15-26-19(28)21(24-20(26)29)11-5-3-4-6-12-21/h7-10,13-14,16H,3-6,11-12,15H2,1-2H3,(H,24,29)/p+1/t16-/m0/s1. The first kappa shape index (κ1) is 19.6. The monoisotopic (exact) mass is 397 g/mol. The average Bonchev–Trinajstić information content (AvgIpc) is 3.26. The van der Waals surface area contributed by atoms with E-state index >= 15 is 0 Å². The number of imide groups is 1. The van der Waals surface area contributed by atoms with Gasteiger partial charge >= 0.3 is 6.03 Å². The Morgan fingerprint density at radius 2 is 1.83 bits per heavy atom. The molecule has 0 bridgehead atoms. The van der Waals surface area contributed by atoms with Crippen molar-refractivity contribution in [3.8, 4) is 5.69 Å². The molecule has 0 radical (unpaired) electrons. The Bertz CT molecular complexity index is 856. The molecule has 2 fully saturated rings. The lowest BCUT2D eigenvalue weighted by Crippen LogP contribution is -3.10. The largest absolute Gasteiger partial charge is 0.329 e. The van der Waals surface area contributed by atoms with Gasteiger partial charge in [-0.05, 0) is 31.9 Å². The highest BCUT2D eigenvalue weighted by Gasteiger charge is 2.51. The summed E-state index contributed by atoms with van der Waals surface area (Å²) < 4.78 is 1.71. The molecule has 2 aliphatic rings. The minimum atomic E-state index is -0.670. The summed E-state index contributed by atoms with van der Waals surface area (Å²) >= 11 is 0. The van der Waals surface area contributed by atoms with Gasteiger partial charge in [-0.1, -0.05) is 37.8 Å². The number of nitrogens with zero attached hydrogens (tertiary/aromatic N) is 4. The van der Waals surface area contributed by atoms with E-state index in [1.807, 2.05) is 19.2 Å². The van der Waals surface area contributed by atoms with Gasteiger partial charge in [0.15, 0.2) is 6.67 Å². The molecule has 1 unspecified atom stereocenters. The number of quaternary nitrogens is 1. The molecule has 8 heteroatoms. The van der Waals surface area contributed by atoms with Crippen molar-refractivity contribution in [3.05, 3.63) is 42.5 Å². The number of rotatable bonds is 5. The van der Waals surface area contributed by atoms with Crippen molar-refractivity contribution in [1.82, 2.24) is 25.0 Å². The molecule has 2 aromatic rings. The third-order valence-electron chi connectivity index (χ3n) is 6.43. The van der Waals surface area contributed by atoms with Crippen LogP contribution in [0.25, 0.3) is 5.69 Å². The highest BCUT2D eigenvalue weighted by atomic mass is 16.2. The van der Waals surface area contributed by atoms with Gasteiger partial charge in [-0.2, -0.15) is 5.10 Å². The molecule has 29 heavy (non-hydrogen) atoms. The molecule has 2 atom stereocenters. The lowest BCUT2D eigenvalue weighted by Gasteiger charge is -2.27. The zero-order valence-electron chi connectivity index (χ0n) is 17.1. The fourth-order valence-corrected chi connectivity index (χ4v) is 4.42. The van der Waals surface area contributed by atoms with E-state index in [2.05, 4.69) is 34.5 Å². The summed E-state index contributed by atoms with van der Waals surface area (Å²) in [5, 5.41) is 7.17. The summed E-state index contributed by atoms with van der Waals surface area (Å²) in [6, 6.07) is 8.01. The van der Waals surface area contributed by atoms with Gasteiger partial charge in [0.2, 0.25) is 0 Å². The van der Waals surface area contributed by atoms with Crippen molar-refractivity contribution in [2.45, 2.75) is 57.0 Å². The molecule has 1 spiro atoms. The molecule has 8 nitrogen and oxygen atoms in total. The van der Waals surface area contributed by atoms with Gasteiger partial charge in [-0.15, -0.1) is 0 Å². The van der Waals surface area contributed by atoms with E-state index in [0.717, 1.165) is 54.7 Å². The molecular formula is C21H29N6O2+. The first-order valence-electron chi connectivity index (χ1n) is 10.4. The van der Waals surface area contributed by atoms with Crippen LogP contribution < -0.4 is 10.2 Å². The number of hydrogen-bond donors (Lipinski definition) is 2. The minimum absolute atomic E-state index is 0.0440. The third-order valence-corrected chi connectivity index (χ3v) is 6.43. The summed E-state index contributed by atoms with van der Waals surface area (Å²) in [6.45, 7) is 2.47. The van der Waals surface area contributed by atoms with Crippen LogP contribution in [0.1, 0.15) is 57.1 Å². The summed E-state index contributed by atoms with van der Waals surface area (Å²) in [6.07, 6.45) is 8.95.